The fourth-order valence-corrected chi connectivity index (χ4v) is 2.47. The molecule has 0 saturated heterocycles. The average Bonchev–Trinajstić information content (AvgIpc) is 2.25. The molecular formula is C11H19N3OS. The molecule has 0 amide bonds. The Morgan fingerprint density at radius 1 is 1.44 bits per heavy atom. The number of thioether (sulfide) groups is 1. The predicted octanol–water partition coefficient (Wildman–Crippen LogP) is 1.30. The summed E-state index contributed by atoms with van der Waals surface area (Å²) in [6.07, 6.45) is 4.95. The van der Waals surface area contributed by atoms with Gasteiger partial charge >= 0.3 is 0 Å². The van der Waals surface area contributed by atoms with E-state index in [1.54, 1.807) is 18.6 Å². The third kappa shape index (κ3) is 3.73. The largest absolute Gasteiger partial charge is 0.395 e. The molecule has 0 bridgehead atoms. The van der Waals surface area contributed by atoms with Crippen LogP contribution in [0.2, 0.25) is 0 Å². The number of hydrogen-bond acceptors (Lipinski definition) is 5. The fourth-order valence-electron chi connectivity index (χ4n) is 1.28. The third-order valence-corrected chi connectivity index (χ3v) is 3.59. The maximum absolute atomic E-state index is 9.37. The number of aliphatic hydroxyl groups is 1. The van der Waals surface area contributed by atoms with Crippen molar-refractivity contribution in [2.24, 2.45) is 11.1 Å². The number of hydrogen-bond donors (Lipinski definition) is 2. The van der Waals surface area contributed by atoms with Gasteiger partial charge in [0, 0.05) is 23.7 Å². The molecule has 0 saturated carbocycles. The van der Waals surface area contributed by atoms with E-state index in [0.29, 0.717) is 0 Å². The molecule has 2 unspecified atom stereocenters. The van der Waals surface area contributed by atoms with Crippen molar-refractivity contribution in [3.05, 3.63) is 18.6 Å². The number of aromatic nitrogens is 2. The van der Waals surface area contributed by atoms with Gasteiger partial charge in [0.1, 0.15) is 5.03 Å². The van der Waals surface area contributed by atoms with Crippen molar-refractivity contribution in [3.63, 3.8) is 0 Å². The molecule has 0 aliphatic heterocycles. The maximum atomic E-state index is 9.37. The second kappa shape index (κ2) is 5.61. The summed E-state index contributed by atoms with van der Waals surface area (Å²) in [7, 11) is 0. The molecule has 0 aromatic carbocycles. The highest BCUT2D eigenvalue weighted by atomic mass is 32.2. The van der Waals surface area contributed by atoms with Gasteiger partial charge in [-0.25, -0.2) is 4.98 Å². The van der Waals surface area contributed by atoms with Crippen LogP contribution in [0.15, 0.2) is 23.6 Å². The highest BCUT2D eigenvalue weighted by molar-refractivity contribution is 7.99. The Morgan fingerprint density at radius 3 is 2.56 bits per heavy atom. The molecule has 4 nitrogen and oxygen atoms in total. The second-order valence-electron chi connectivity index (χ2n) is 4.77. The summed E-state index contributed by atoms with van der Waals surface area (Å²) in [5.74, 6) is 0. The van der Waals surface area contributed by atoms with E-state index >= 15 is 0 Å². The lowest BCUT2D eigenvalue weighted by Crippen LogP contribution is -2.45. The molecule has 5 heteroatoms. The van der Waals surface area contributed by atoms with Crippen LogP contribution in [0, 0.1) is 5.41 Å². The van der Waals surface area contributed by atoms with Gasteiger partial charge in [-0.3, -0.25) is 4.98 Å². The Bertz CT molecular complexity index is 313. The first kappa shape index (κ1) is 13.4. The summed E-state index contributed by atoms with van der Waals surface area (Å²) >= 11 is 1.48. The minimum absolute atomic E-state index is 0.0391. The first-order valence-electron chi connectivity index (χ1n) is 5.24. The van der Waals surface area contributed by atoms with Gasteiger partial charge in [-0.1, -0.05) is 32.5 Å². The Morgan fingerprint density at radius 2 is 2.12 bits per heavy atom. The van der Waals surface area contributed by atoms with Crippen LogP contribution in [-0.4, -0.2) is 33.0 Å². The average molecular weight is 241 g/mol. The van der Waals surface area contributed by atoms with Gasteiger partial charge in [0.05, 0.1) is 12.8 Å². The van der Waals surface area contributed by atoms with Gasteiger partial charge in [-0.2, -0.15) is 0 Å². The fraction of sp³-hybridized carbons (Fsp3) is 0.636. The summed E-state index contributed by atoms with van der Waals surface area (Å²) in [5.41, 5.74) is 6.09. The second-order valence-corrected chi connectivity index (χ2v) is 6.03. The van der Waals surface area contributed by atoms with Crippen molar-refractivity contribution in [1.82, 2.24) is 9.97 Å². The molecule has 3 N–H and O–H groups in total. The van der Waals surface area contributed by atoms with Crippen LogP contribution in [0.25, 0.3) is 0 Å². The molecule has 0 radical (unpaired) electrons. The van der Waals surface area contributed by atoms with Crippen LogP contribution in [0.5, 0.6) is 0 Å². The van der Waals surface area contributed by atoms with Crippen LogP contribution in [0.1, 0.15) is 20.8 Å². The van der Waals surface area contributed by atoms with E-state index in [9.17, 15) is 5.11 Å². The molecule has 0 aliphatic carbocycles. The standard InChI is InChI=1S/C11H19N3OS/c1-11(2,3)10(12)8(7-15)16-9-6-13-4-5-14-9/h4-6,8,10,15H,7,12H2,1-3H3. The number of rotatable bonds is 4. The molecule has 1 rings (SSSR count). The Labute approximate surface area is 101 Å². The lowest BCUT2D eigenvalue weighted by molar-refractivity contribution is 0.233. The number of nitrogens with zero attached hydrogens (tertiary/aromatic N) is 2. The van der Waals surface area contributed by atoms with Crippen molar-refractivity contribution >= 4 is 11.8 Å². The minimum Gasteiger partial charge on any atom is -0.395 e. The van der Waals surface area contributed by atoms with Crippen LogP contribution in [0.3, 0.4) is 0 Å². The van der Waals surface area contributed by atoms with E-state index in [2.05, 4.69) is 30.7 Å². The van der Waals surface area contributed by atoms with Gasteiger partial charge in [0.25, 0.3) is 0 Å². The van der Waals surface area contributed by atoms with E-state index < -0.39 is 0 Å². The molecule has 1 aromatic rings. The number of nitrogens with two attached hydrogens (primary N) is 1. The lowest BCUT2D eigenvalue weighted by atomic mass is 9.85. The topological polar surface area (TPSA) is 72.0 Å². The monoisotopic (exact) mass is 241 g/mol. The molecule has 1 aromatic heterocycles. The molecular weight excluding hydrogens is 222 g/mol. The van der Waals surface area contributed by atoms with Gasteiger partial charge in [0.2, 0.25) is 0 Å². The van der Waals surface area contributed by atoms with Crippen molar-refractivity contribution in [1.29, 1.82) is 0 Å². The van der Waals surface area contributed by atoms with Gasteiger partial charge in [-0.05, 0) is 5.41 Å². The zero-order valence-electron chi connectivity index (χ0n) is 9.92. The Hall–Kier alpha value is -0.650. The SMILES string of the molecule is CC(C)(C)C(N)C(CO)Sc1cnccn1. The van der Waals surface area contributed by atoms with E-state index in [-0.39, 0.29) is 23.3 Å². The van der Waals surface area contributed by atoms with Crippen LogP contribution >= 0.6 is 11.8 Å². The molecule has 90 valence electrons. The van der Waals surface area contributed by atoms with Crippen molar-refractivity contribution in [2.45, 2.75) is 37.1 Å². The minimum atomic E-state index is -0.0930. The van der Waals surface area contributed by atoms with E-state index in [1.807, 2.05) is 0 Å². The normalized spacial score (nSPS) is 15.8. The van der Waals surface area contributed by atoms with Crippen molar-refractivity contribution < 1.29 is 5.11 Å². The molecule has 16 heavy (non-hydrogen) atoms. The van der Waals surface area contributed by atoms with Gasteiger partial charge in [-0.15, -0.1) is 0 Å². The van der Waals surface area contributed by atoms with Crippen molar-refractivity contribution in [3.8, 4) is 0 Å². The summed E-state index contributed by atoms with van der Waals surface area (Å²) in [5, 5.41) is 10.1. The number of aliphatic hydroxyl groups excluding tert-OH is 1. The smallest absolute Gasteiger partial charge is 0.115 e. The van der Waals surface area contributed by atoms with Crippen molar-refractivity contribution in [2.75, 3.05) is 6.61 Å². The first-order chi connectivity index (χ1) is 7.45. The molecule has 1 heterocycles. The summed E-state index contributed by atoms with van der Waals surface area (Å²) in [6.45, 7) is 6.24. The summed E-state index contributed by atoms with van der Waals surface area (Å²) in [6, 6.07) is -0.0930. The molecule has 0 spiro atoms. The summed E-state index contributed by atoms with van der Waals surface area (Å²) in [4.78, 5) is 8.15. The van der Waals surface area contributed by atoms with E-state index in [0.717, 1.165) is 5.03 Å². The van der Waals surface area contributed by atoms with Crippen LogP contribution in [0.4, 0.5) is 0 Å². The molecule has 2 atom stereocenters. The Balaban J connectivity index is 2.70. The van der Waals surface area contributed by atoms with E-state index in [1.165, 1.54) is 11.8 Å². The lowest BCUT2D eigenvalue weighted by Gasteiger charge is -2.32. The highest BCUT2D eigenvalue weighted by Gasteiger charge is 2.29. The maximum Gasteiger partial charge on any atom is 0.115 e. The zero-order valence-corrected chi connectivity index (χ0v) is 10.7. The van der Waals surface area contributed by atoms with Crippen LogP contribution in [-0.2, 0) is 0 Å². The van der Waals surface area contributed by atoms with Crippen LogP contribution < -0.4 is 5.73 Å². The first-order valence-corrected chi connectivity index (χ1v) is 6.12. The van der Waals surface area contributed by atoms with Gasteiger partial charge in [0.15, 0.2) is 0 Å². The Kier molecular flexibility index (Phi) is 4.70. The summed E-state index contributed by atoms with van der Waals surface area (Å²) < 4.78 is 0. The predicted molar refractivity (Wildman–Crippen MR) is 66.2 cm³/mol. The molecule has 0 fully saturated rings. The zero-order chi connectivity index (χ0) is 12.2. The van der Waals surface area contributed by atoms with Gasteiger partial charge < -0.3 is 10.8 Å². The quantitative estimate of drug-likeness (QED) is 0.777. The molecule has 0 aliphatic rings. The van der Waals surface area contributed by atoms with E-state index in [4.69, 9.17) is 5.73 Å². The highest BCUT2D eigenvalue weighted by Crippen LogP contribution is 2.29. The third-order valence-electron chi connectivity index (χ3n) is 2.39.